The Hall–Kier alpha value is -1.15. The van der Waals surface area contributed by atoms with Crippen molar-refractivity contribution in [2.45, 2.75) is 37.8 Å². The minimum absolute atomic E-state index is 0.314. The van der Waals surface area contributed by atoms with Crippen molar-refractivity contribution in [1.29, 1.82) is 0 Å². The van der Waals surface area contributed by atoms with Crippen LogP contribution in [0.2, 0.25) is 0 Å². The van der Waals surface area contributed by atoms with Crippen LogP contribution < -0.4 is 10.0 Å². The average Bonchev–Trinajstić information content (AvgIpc) is 3.07. The van der Waals surface area contributed by atoms with E-state index in [2.05, 4.69) is 10.0 Å². The Balaban J connectivity index is 1.97. The minimum Gasteiger partial charge on any atom is -0.469 e. The van der Waals surface area contributed by atoms with Gasteiger partial charge in [0.05, 0.1) is 11.2 Å². The standard InChI is InChI=1S/C14H20N2O3S2/c1-11(2)15-10-13-14(6-9-20-13)21(17,18)16-7-5-12-4-3-8-19-12/h3-4,6,8-9,11,15-16H,5,7,10H2,1-2H3. The van der Waals surface area contributed by atoms with Gasteiger partial charge in [0.2, 0.25) is 10.0 Å². The van der Waals surface area contributed by atoms with Gasteiger partial charge in [0.15, 0.2) is 0 Å². The van der Waals surface area contributed by atoms with Crippen LogP contribution in [-0.2, 0) is 23.0 Å². The van der Waals surface area contributed by atoms with E-state index in [1.165, 1.54) is 11.3 Å². The maximum Gasteiger partial charge on any atom is 0.241 e. The number of furan rings is 1. The van der Waals surface area contributed by atoms with Gasteiger partial charge in [-0.1, -0.05) is 13.8 Å². The summed E-state index contributed by atoms with van der Waals surface area (Å²) in [6, 6.07) is 5.58. The highest BCUT2D eigenvalue weighted by molar-refractivity contribution is 7.89. The second-order valence-electron chi connectivity index (χ2n) is 4.97. The fraction of sp³-hybridized carbons (Fsp3) is 0.429. The zero-order valence-corrected chi connectivity index (χ0v) is 13.8. The highest BCUT2D eigenvalue weighted by Crippen LogP contribution is 2.21. The second kappa shape index (κ2) is 7.22. The van der Waals surface area contributed by atoms with Gasteiger partial charge < -0.3 is 9.73 Å². The lowest BCUT2D eigenvalue weighted by Crippen LogP contribution is -2.28. The minimum atomic E-state index is -3.47. The molecule has 0 atom stereocenters. The summed E-state index contributed by atoms with van der Waals surface area (Å²) in [4.78, 5) is 1.19. The maximum absolute atomic E-state index is 12.3. The summed E-state index contributed by atoms with van der Waals surface area (Å²) in [6.07, 6.45) is 2.12. The molecule has 0 aliphatic heterocycles. The number of nitrogens with one attached hydrogen (secondary N) is 2. The van der Waals surface area contributed by atoms with Crippen LogP contribution in [0.5, 0.6) is 0 Å². The summed E-state index contributed by atoms with van der Waals surface area (Å²) >= 11 is 1.45. The van der Waals surface area contributed by atoms with E-state index in [0.717, 1.165) is 10.6 Å². The van der Waals surface area contributed by atoms with Crippen LogP contribution >= 0.6 is 11.3 Å². The Kier molecular flexibility index (Phi) is 5.58. The van der Waals surface area contributed by atoms with E-state index in [-0.39, 0.29) is 0 Å². The third-order valence-corrected chi connectivity index (χ3v) is 5.50. The van der Waals surface area contributed by atoms with E-state index in [1.807, 2.05) is 19.9 Å². The lowest BCUT2D eigenvalue weighted by Gasteiger charge is -2.10. The van der Waals surface area contributed by atoms with Crippen molar-refractivity contribution >= 4 is 21.4 Å². The molecule has 21 heavy (non-hydrogen) atoms. The largest absolute Gasteiger partial charge is 0.469 e. The molecule has 0 amide bonds. The van der Waals surface area contributed by atoms with Crippen LogP contribution in [0, 0.1) is 0 Å². The van der Waals surface area contributed by atoms with Gasteiger partial charge >= 0.3 is 0 Å². The second-order valence-corrected chi connectivity index (χ2v) is 7.71. The predicted molar refractivity (Wildman–Crippen MR) is 83.9 cm³/mol. The molecule has 0 aliphatic rings. The van der Waals surface area contributed by atoms with Crippen molar-refractivity contribution in [2.24, 2.45) is 0 Å². The molecule has 7 heteroatoms. The van der Waals surface area contributed by atoms with Crippen LogP contribution in [0.1, 0.15) is 24.5 Å². The molecule has 0 fully saturated rings. The number of sulfonamides is 1. The smallest absolute Gasteiger partial charge is 0.241 e. The fourth-order valence-electron chi connectivity index (χ4n) is 1.84. The van der Waals surface area contributed by atoms with Crippen LogP contribution in [0.3, 0.4) is 0 Å². The van der Waals surface area contributed by atoms with Gasteiger partial charge in [-0.2, -0.15) is 0 Å². The van der Waals surface area contributed by atoms with E-state index in [1.54, 1.807) is 23.8 Å². The number of thiophene rings is 1. The lowest BCUT2D eigenvalue weighted by atomic mass is 10.3. The first kappa shape index (κ1) is 16.2. The average molecular weight is 328 g/mol. The quantitative estimate of drug-likeness (QED) is 0.780. The van der Waals surface area contributed by atoms with Crippen molar-refractivity contribution < 1.29 is 12.8 Å². The Labute approximate surface area is 129 Å². The first-order valence-corrected chi connectivity index (χ1v) is 9.17. The van der Waals surface area contributed by atoms with E-state index in [4.69, 9.17) is 4.42 Å². The predicted octanol–water partition coefficient (Wildman–Crippen LogP) is 2.36. The Morgan fingerprint density at radius 2 is 2.14 bits per heavy atom. The van der Waals surface area contributed by atoms with Crippen LogP contribution in [0.15, 0.2) is 39.2 Å². The van der Waals surface area contributed by atoms with Gasteiger partial charge in [-0.3, -0.25) is 0 Å². The summed E-state index contributed by atoms with van der Waals surface area (Å²) < 4.78 is 32.5. The molecule has 0 unspecified atom stereocenters. The third kappa shape index (κ3) is 4.67. The fourth-order valence-corrected chi connectivity index (χ4v) is 4.26. The zero-order chi connectivity index (χ0) is 15.3. The summed E-state index contributed by atoms with van der Waals surface area (Å²) in [5.74, 6) is 0.768. The molecule has 0 radical (unpaired) electrons. The van der Waals surface area contributed by atoms with Crippen molar-refractivity contribution in [2.75, 3.05) is 6.54 Å². The highest BCUT2D eigenvalue weighted by atomic mass is 32.2. The molecular weight excluding hydrogens is 308 g/mol. The maximum atomic E-state index is 12.3. The highest BCUT2D eigenvalue weighted by Gasteiger charge is 2.19. The molecule has 0 aromatic carbocycles. The van der Waals surface area contributed by atoms with E-state index in [0.29, 0.717) is 30.4 Å². The summed E-state index contributed by atoms with van der Waals surface area (Å²) in [6.45, 7) is 4.94. The first-order chi connectivity index (χ1) is 9.99. The molecule has 0 saturated carbocycles. The van der Waals surface area contributed by atoms with Gasteiger partial charge in [-0.05, 0) is 23.6 Å². The van der Waals surface area contributed by atoms with Crippen molar-refractivity contribution in [3.8, 4) is 0 Å². The van der Waals surface area contributed by atoms with Crippen LogP contribution in [0.25, 0.3) is 0 Å². The molecule has 116 valence electrons. The molecule has 5 nitrogen and oxygen atoms in total. The molecule has 2 heterocycles. The summed E-state index contributed by atoms with van der Waals surface area (Å²) in [7, 11) is -3.47. The molecule has 0 bridgehead atoms. The number of hydrogen-bond donors (Lipinski definition) is 2. The number of hydrogen-bond acceptors (Lipinski definition) is 5. The first-order valence-electron chi connectivity index (χ1n) is 6.81. The van der Waals surface area contributed by atoms with E-state index >= 15 is 0 Å². The lowest BCUT2D eigenvalue weighted by molar-refractivity contribution is 0.505. The Morgan fingerprint density at radius 1 is 1.33 bits per heavy atom. The molecule has 2 aromatic rings. The van der Waals surface area contributed by atoms with E-state index in [9.17, 15) is 8.42 Å². The van der Waals surface area contributed by atoms with Gasteiger partial charge in [-0.15, -0.1) is 11.3 Å². The van der Waals surface area contributed by atoms with Crippen molar-refractivity contribution in [3.05, 3.63) is 40.5 Å². The molecular formula is C14H20N2O3S2. The molecule has 0 aliphatic carbocycles. The monoisotopic (exact) mass is 328 g/mol. The normalized spacial score (nSPS) is 12.1. The summed E-state index contributed by atoms with van der Waals surface area (Å²) in [5, 5.41) is 5.05. The third-order valence-electron chi connectivity index (χ3n) is 2.91. The van der Waals surface area contributed by atoms with Crippen LogP contribution in [-0.4, -0.2) is 21.0 Å². The molecule has 2 aromatic heterocycles. The SMILES string of the molecule is CC(C)NCc1sccc1S(=O)(=O)NCCc1ccco1. The Morgan fingerprint density at radius 3 is 2.81 bits per heavy atom. The molecule has 2 N–H and O–H groups in total. The molecule has 2 rings (SSSR count). The Bertz CT molecular complexity index is 646. The van der Waals surface area contributed by atoms with Gasteiger partial charge in [0, 0.05) is 30.4 Å². The van der Waals surface area contributed by atoms with Gasteiger partial charge in [0.25, 0.3) is 0 Å². The van der Waals surface area contributed by atoms with Crippen molar-refractivity contribution in [1.82, 2.24) is 10.0 Å². The van der Waals surface area contributed by atoms with E-state index < -0.39 is 10.0 Å². The van der Waals surface area contributed by atoms with Gasteiger partial charge in [0.1, 0.15) is 5.76 Å². The summed E-state index contributed by atoms with van der Waals surface area (Å²) in [5.41, 5.74) is 0. The number of rotatable bonds is 8. The zero-order valence-electron chi connectivity index (χ0n) is 12.1. The van der Waals surface area contributed by atoms with Gasteiger partial charge in [-0.25, -0.2) is 13.1 Å². The van der Waals surface area contributed by atoms with Crippen LogP contribution in [0.4, 0.5) is 0 Å². The molecule has 0 saturated heterocycles. The van der Waals surface area contributed by atoms with Crippen molar-refractivity contribution in [3.63, 3.8) is 0 Å². The topological polar surface area (TPSA) is 71.3 Å². The molecule has 0 spiro atoms.